The number of esters is 1. The maximum absolute atomic E-state index is 13.8. The minimum absolute atomic E-state index is 0.0664. The van der Waals surface area contributed by atoms with Gasteiger partial charge in [0.1, 0.15) is 0 Å². The number of para-hydroxylation sites is 1. The molecule has 5 nitrogen and oxygen atoms in total. The summed E-state index contributed by atoms with van der Waals surface area (Å²) >= 11 is 0. The summed E-state index contributed by atoms with van der Waals surface area (Å²) < 4.78 is 23.5. The lowest BCUT2D eigenvalue weighted by atomic mass is 10.0. The number of rotatable bonds is 6. The summed E-state index contributed by atoms with van der Waals surface area (Å²) in [4.78, 5) is 11.3. The standard InChI is InChI=1S/C13H18FNO4/c1-3-18-9-7-5-6-8(12(9)16)11(15)10(14)13(17)19-4-2/h5-7,10-11,16H,3-4,15H2,1-2H3/t10?,11-/m1/s1. The van der Waals surface area contributed by atoms with Gasteiger partial charge in [0.2, 0.25) is 6.17 Å². The number of carbonyl (C=O) groups excluding carboxylic acids is 1. The van der Waals surface area contributed by atoms with Crippen molar-refractivity contribution in [3.63, 3.8) is 0 Å². The first-order valence-electron chi connectivity index (χ1n) is 6.03. The minimum Gasteiger partial charge on any atom is -0.504 e. The lowest BCUT2D eigenvalue weighted by Gasteiger charge is -2.18. The summed E-state index contributed by atoms with van der Waals surface area (Å²) in [5.41, 5.74) is 5.75. The molecule has 2 atom stereocenters. The number of hydrogen-bond acceptors (Lipinski definition) is 5. The van der Waals surface area contributed by atoms with E-state index in [0.29, 0.717) is 6.61 Å². The molecule has 19 heavy (non-hydrogen) atoms. The second kappa shape index (κ2) is 6.94. The van der Waals surface area contributed by atoms with Crippen LogP contribution in [-0.4, -0.2) is 30.5 Å². The van der Waals surface area contributed by atoms with E-state index < -0.39 is 18.2 Å². The summed E-state index contributed by atoms with van der Waals surface area (Å²) in [6.07, 6.45) is -2.04. The Hall–Kier alpha value is -1.82. The smallest absolute Gasteiger partial charge is 0.342 e. The van der Waals surface area contributed by atoms with Gasteiger partial charge in [0.15, 0.2) is 11.5 Å². The second-order valence-corrected chi connectivity index (χ2v) is 3.81. The summed E-state index contributed by atoms with van der Waals surface area (Å²) in [5.74, 6) is -1.11. The average molecular weight is 271 g/mol. The van der Waals surface area contributed by atoms with Crippen LogP contribution in [0.1, 0.15) is 25.5 Å². The Labute approximate surface area is 111 Å². The van der Waals surface area contributed by atoms with Crippen LogP contribution in [0.25, 0.3) is 0 Å². The summed E-state index contributed by atoms with van der Waals surface area (Å²) in [6.45, 7) is 3.74. The van der Waals surface area contributed by atoms with Crippen molar-refractivity contribution in [1.29, 1.82) is 0 Å². The van der Waals surface area contributed by atoms with Crippen LogP contribution in [0.2, 0.25) is 0 Å². The molecule has 0 bridgehead atoms. The number of ether oxygens (including phenoxy) is 2. The number of phenols is 1. The van der Waals surface area contributed by atoms with Gasteiger partial charge in [0.25, 0.3) is 0 Å². The Balaban J connectivity index is 2.96. The van der Waals surface area contributed by atoms with E-state index in [-0.39, 0.29) is 23.7 Å². The first-order valence-corrected chi connectivity index (χ1v) is 6.03. The highest BCUT2D eigenvalue weighted by Gasteiger charge is 2.30. The van der Waals surface area contributed by atoms with Crippen molar-refractivity contribution in [2.75, 3.05) is 13.2 Å². The lowest BCUT2D eigenvalue weighted by Crippen LogP contribution is -2.31. The molecule has 0 amide bonds. The van der Waals surface area contributed by atoms with E-state index in [9.17, 15) is 14.3 Å². The van der Waals surface area contributed by atoms with Crippen molar-refractivity contribution >= 4 is 5.97 Å². The van der Waals surface area contributed by atoms with Crippen molar-refractivity contribution in [1.82, 2.24) is 0 Å². The Morgan fingerprint density at radius 3 is 2.68 bits per heavy atom. The molecule has 0 aromatic heterocycles. The van der Waals surface area contributed by atoms with Gasteiger partial charge in [-0.05, 0) is 19.9 Å². The molecular formula is C13H18FNO4. The number of benzene rings is 1. The van der Waals surface area contributed by atoms with E-state index in [1.165, 1.54) is 12.1 Å². The zero-order valence-corrected chi connectivity index (χ0v) is 10.9. The Kier molecular flexibility index (Phi) is 5.57. The molecule has 1 aromatic rings. The first-order chi connectivity index (χ1) is 9.02. The number of alkyl halides is 1. The zero-order valence-electron chi connectivity index (χ0n) is 10.9. The zero-order chi connectivity index (χ0) is 14.4. The summed E-state index contributed by atoms with van der Waals surface area (Å²) in [6, 6.07) is 3.23. The molecule has 0 aliphatic rings. The largest absolute Gasteiger partial charge is 0.504 e. The molecule has 0 fully saturated rings. The van der Waals surface area contributed by atoms with Crippen LogP contribution in [0.5, 0.6) is 11.5 Å². The monoisotopic (exact) mass is 271 g/mol. The van der Waals surface area contributed by atoms with Crippen molar-refractivity contribution in [3.05, 3.63) is 23.8 Å². The van der Waals surface area contributed by atoms with Gasteiger partial charge in [-0.2, -0.15) is 0 Å². The number of phenolic OH excluding ortho intramolecular Hbond substituents is 1. The van der Waals surface area contributed by atoms with Gasteiger partial charge in [-0.1, -0.05) is 12.1 Å². The number of halogens is 1. The van der Waals surface area contributed by atoms with Gasteiger partial charge >= 0.3 is 5.97 Å². The van der Waals surface area contributed by atoms with Crippen LogP contribution in [0.15, 0.2) is 18.2 Å². The van der Waals surface area contributed by atoms with Gasteiger partial charge in [0, 0.05) is 5.56 Å². The SMILES string of the molecule is CCOC(=O)C(F)[C@H](N)c1cccc(OCC)c1O. The Morgan fingerprint density at radius 1 is 1.42 bits per heavy atom. The van der Waals surface area contributed by atoms with Gasteiger partial charge in [-0.3, -0.25) is 0 Å². The molecule has 6 heteroatoms. The predicted molar refractivity (Wildman–Crippen MR) is 67.7 cm³/mol. The van der Waals surface area contributed by atoms with Crippen molar-refractivity contribution in [2.24, 2.45) is 5.73 Å². The third-order valence-electron chi connectivity index (χ3n) is 2.52. The van der Waals surface area contributed by atoms with E-state index in [4.69, 9.17) is 10.5 Å². The number of hydrogen-bond donors (Lipinski definition) is 2. The summed E-state index contributed by atoms with van der Waals surface area (Å²) in [7, 11) is 0. The molecule has 0 aliphatic heterocycles. The highest BCUT2D eigenvalue weighted by Crippen LogP contribution is 2.34. The van der Waals surface area contributed by atoms with E-state index in [1.54, 1.807) is 19.9 Å². The quantitative estimate of drug-likeness (QED) is 0.769. The fourth-order valence-corrected chi connectivity index (χ4v) is 1.61. The molecule has 0 saturated carbocycles. The molecule has 0 aliphatic carbocycles. The third kappa shape index (κ3) is 3.57. The van der Waals surface area contributed by atoms with E-state index in [2.05, 4.69) is 4.74 Å². The molecule has 3 N–H and O–H groups in total. The van der Waals surface area contributed by atoms with Gasteiger partial charge < -0.3 is 20.3 Å². The molecule has 1 aromatic carbocycles. The van der Waals surface area contributed by atoms with Crippen molar-refractivity contribution in [2.45, 2.75) is 26.1 Å². The van der Waals surface area contributed by atoms with E-state index in [1.807, 2.05) is 0 Å². The topological polar surface area (TPSA) is 81.8 Å². The number of aromatic hydroxyl groups is 1. The third-order valence-corrected chi connectivity index (χ3v) is 2.52. The highest BCUT2D eigenvalue weighted by molar-refractivity contribution is 5.76. The van der Waals surface area contributed by atoms with Crippen LogP contribution in [-0.2, 0) is 9.53 Å². The molecule has 1 unspecified atom stereocenters. The maximum Gasteiger partial charge on any atom is 0.342 e. The highest BCUT2D eigenvalue weighted by atomic mass is 19.1. The Bertz CT molecular complexity index is 439. The Morgan fingerprint density at radius 2 is 2.11 bits per heavy atom. The summed E-state index contributed by atoms with van der Waals surface area (Å²) in [5, 5.41) is 9.93. The molecular weight excluding hydrogens is 253 g/mol. The van der Waals surface area contributed by atoms with Gasteiger partial charge in [-0.15, -0.1) is 0 Å². The van der Waals surface area contributed by atoms with Crippen LogP contribution in [0.3, 0.4) is 0 Å². The molecule has 1 rings (SSSR count). The number of carbonyl (C=O) groups is 1. The van der Waals surface area contributed by atoms with Crippen LogP contribution in [0.4, 0.5) is 4.39 Å². The van der Waals surface area contributed by atoms with Crippen molar-refractivity contribution in [3.8, 4) is 11.5 Å². The van der Waals surface area contributed by atoms with Crippen LogP contribution in [0, 0.1) is 0 Å². The molecule has 0 heterocycles. The average Bonchev–Trinajstić information content (AvgIpc) is 2.40. The lowest BCUT2D eigenvalue weighted by molar-refractivity contribution is -0.149. The normalized spacial score (nSPS) is 13.7. The fraction of sp³-hybridized carbons (Fsp3) is 0.462. The second-order valence-electron chi connectivity index (χ2n) is 3.81. The van der Waals surface area contributed by atoms with Crippen LogP contribution >= 0.6 is 0 Å². The molecule has 106 valence electrons. The minimum atomic E-state index is -2.04. The van der Waals surface area contributed by atoms with Crippen LogP contribution < -0.4 is 10.5 Å². The molecule has 0 radical (unpaired) electrons. The first kappa shape index (κ1) is 15.2. The molecule has 0 saturated heterocycles. The molecule has 0 spiro atoms. The van der Waals surface area contributed by atoms with E-state index >= 15 is 0 Å². The maximum atomic E-state index is 13.8. The van der Waals surface area contributed by atoms with Gasteiger partial charge in [-0.25, -0.2) is 9.18 Å². The fourth-order valence-electron chi connectivity index (χ4n) is 1.61. The van der Waals surface area contributed by atoms with Gasteiger partial charge in [0.05, 0.1) is 19.3 Å². The predicted octanol–water partition coefficient (Wildman–Crippen LogP) is 1.69. The number of nitrogens with two attached hydrogens (primary N) is 1. The van der Waals surface area contributed by atoms with E-state index in [0.717, 1.165) is 0 Å². The van der Waals surface area contributed by atoms with Crippen molar-refractivity contribution < 1.29 is 23.8 Å².